The topological polar surface area (TPSA) is 99.4 Å². The number of anilines is 1. The Kier molecular flexibility index (Phi) is 4.73. The number of hydrogen-bond acceptors (Lipinski definition) is 6. The van der Waals surface area contributed by atoms with E-state index in [0.717, 1.165) is 9.46 Å². The van der Waals surface area contributed by atoms with E-state index in [-0.39, 0.29) is 23.3 Å². The summed E-state index contributed by atoms with van der Waals surface area (Å²) in [4.78, 5) is 48.5. The Hall–Kier alpha value is -2.81. The maximum Gasteiger partial charge on any atom is 0.338 e. The van der Waals surface area contributed by atoms with E-state index in [4.69, 9.17) is 4.74 Å². The second-order valence-corrected chi connectivity index (χ2v) is 7.29. The van der Waals surface area contributed by atoms with Gasteiger partial charge in [-0.3, -0.25) is 18.7 Å². The molecular formula is C17H17N3O5S. The summed E-state index contributed by atoms with van der Waals surface area (Å²) in [5.74, 6) is -0.734. The highest BCUT2D eigenvalue weighted by Crippen LogP contribution is 2.36. The number of fused-ring (bicyclic) bond motifs is 1. The summed E-state index contributed by atoms with van der Waals surface area (Å²) in [6.45, 7) is 1.59. The number of carbonyl (C=O) groups excluding carboxylic acids is 2. The van der Waals surface area contributed by atoms with Crippen LogP contribution < -0.4 is 16.6 Å². The van der Waals surface area contributed by atoms with Crippen molar-refractivity contribution in [1.29, 1.82) is 0 Å². The average molecular weight is 375 g/mol. The molecule has 136 valence electrons. The summed E-state index contributed by atoms with van der Waals surface area (Å²) in [7, 11) is 2.87. The second kappa shape index (κ2) is 6.83. The quantitative estimate of drug-likeness (QED) is 0.800. The van der Waals surface area contributed by atoms with Crippen LogP contribution in [0.2, 0.25) is 0 Å². The number of nitrogens with zero attached hydrogens (tertiary/aromatic N) is 2. The van der Waals surface area contributed by atoms with Crippen molar-refractivity contribution in [2.75, 3.05) is 5.32 Å². The van der Waals surface area contributed by atoms with Crippen molar-refractivity contribution in [3.63, 3.8) is 0 Å². The smallest absolute Gasteiger partial charge is 0.338 e. The fraction of sp³-hybridized carbons (Fsp3) is 0.294. The van der Waals surface area contributed by atoms with Gasteiger partial charge in [-0.1, -0.05) is 0 Å². The lowest BCUT2D eigenvalue weighted by atomic mass is 10.2. The lowest BCUT2D eigenvalue weighted by Gasteiger charge is -2.21. The van der Waals surface area contributed by atoms with Crippen molar-refractivity contribution in [3.05, 3.63) is 56.4 Å². The number of rotatable bonds is 3. The first-order chi connectivity index (χ1) is 12.3. The predicted molar refractivity (Wildman–Crippen MR) is 96.4 cm³/mol. The van der Waals surface area contributed by atoms with E-state index in [1.54, 1.807) is 25.1 Å². The molecule has 1 amide bonds. The van der Waals surface area contributed by atoms with Crippen molar-refractivity contribution in [2.45, 2.75) is 23.7 Å². The Labute approximate surface area is 152 Å². The number of esters is 1. The van der Waals surface area contributed by atoms with Crippen molar-refractivity contribution in [2.24, 2.45) is 14.1 Å². The maximum atomic E-state index is 12.3. The lowest BCUT2D eigenvalue weighted by molar-refractivity contribution is -0.115. The van der Waals surface area contributed by atoms with Gasteiger partial charge in [0.1, 0.15) is 6.61 Å². The molecule has 0 saturated heterocycles. The molecule has 1 aromatic heterocycles. The molecule has 0 spiro atoms. The summed E-state index contributed by atoms with van der Waals surface area (Å²) in [5, 5.41) is 2.56. The molecule has 9 heteroatoms. The SMILES string of the molecule is CC1Sc2ccc(C(=O)OCc3cc(=O)n(C)c(=O)n3C)cc2NC1=O. The molecule has 2 aromatic rings. The third-order valence-electron chi connectivity index (χ3n) is 4.12. The predicted octanol–water partition coefficient (Wildman–Crippen LogP) is 0.874. The minimum absolute atomic E-state index is 0.122. The fourth-order valence-corrected chi connectivity index (χ4v) is 3.41. The minimum Gasteiger partial charge on any atom is -0.456 e. The van der Waals surface area contributed by atoms with E-state index in [9.17, 15) is 19.2 Å². The highest BCUT2D eigenvalue weighted by molar-refractivity contribution is 8.00. The Balaban J connectivity index is 1.78. The zero-order chi connectivity index (χ0) is 19.0. The number of aromatic nitrogens is 2. The van der Waals surface area contributed by atoms with Gasteiger partial charge in [0.25, 0.3) is 5.56 Å². The number of ether oxygens (including phenoxy) is 1. The molecule has 26 heavy (non-hydrogen) atoms. The van der Waals surface area contributed by atoms with Crippen LogP contribution in [-0.4, -0.2) is 26.3 Å². The first-order valence-corrected chi connectivity index (χ1v) is 8.70. The van der Waals surface area contributed by atoms with Crippen LogP contribution in [0.5, 0.6) is 0 Å². The molecule has 1 unspecified atom stereocenters. The molecule has 8 nitrogen and oxygen atoms in total. The van der Waals surface area contributed by atoms with Crippen LogP contribution in [0, 0.1) is 0 Å². The van der Waals surface area contributed by atoms with Gasteiger partial charge < -0.3 is 10.1 Å². The van der Waals surface area contributed by atoms with Gasteiger partial charge in [-0.05, 0) is 25.1 Å². The molecule has 0 aliphatic carbocycles. The van der Waals surface area contributed by atoms with Gasteiger partial charge in [-0.25, -0.2) is 9.59 Å². The van der Waals surface area contributed by atoms with Crippen LogP contribution >= 0.6 is 11.8 Å². The van der Waals surface area contributed by atoms with Crippen molar-refractivity contribution < 1.29 is 14.3 Å². The van der Waals surface area contributed by atoms with Crippen LogP contribution in [0.1, 0.15) is 23.0 Å². The molecule has 0 saturated carbocycles. The summed E-state index contributed by atoms with van der Waals surface area (Å²) in [5.41, 5.74) is 0.164. The van der Waals surface area contributed by atoms with Gasteiger partial charge >= 0.3 is 11.7 Å². The molecule has 1 aliphatic heterocycles. The van der Waals surface area contributed by atoms with E-state index in [1.165, 1.54) is 36.5 Å². The zero-order valence-electron chi connectivity index (χ0n) is 14.4. The third kappa shape index (κ3) is 3.30. The summed E-state index contributed by atoms with van der Waals surface area (Å²) >= 11 is 1.42. The summed E-state index contributed by atoms with van der Waals surface area (Å²) in [6, 6.07) is 6.17. The van der Waals surface area contributed by atoms with Crippen LogP contribution in [0.3, 0.4) is 0 Å². The maximum absolute atomic E-state index is 12.3. The van der Waals surface area contributed by atoms with Crippen LogP contribution in [0.25, 0.3) is 0 Å². The molecule has 0 fully saturated rings. The Morgan fingerprint density at radius 1 is 1.19 bits per heavy atom. The minimum atomic E-state index is -0.612. The molecule has 1 N–H and O–H groups in total. The Bertz CT molecular complexity index is 1020. The molecule has 0 radical (unpaired) electrons. The van der Waals surface area contributed by atoms with E-state index in [2.05, 4.69) is 5.32 Å². The number of nitrogens with one attached hydrogen (secondary N) is 1. The van der Waals surface area contributed by atoms with Crippen molar-refractivity contribution in [1.82, 2.24) is 9.13 Å². The van der Waals surface area contributed by atoms with Gasteiger partial charge in [0, 0.05) is 25.1 Å². The van der Waals surface area contributed by atoms with Crippen LogP contribution in [-0.2, 0) is 30.2 Å². The fourth-order valence-electron chi connectivity index (χ4n) is 2.48. The standard InChI is InChI=1S/C17H17N3O5S/c1-9-15(22)18-12-6-10(4-5-13(12)26-9)16(23)25-8-11-7-14(21)20(3)17(24)19(11)2/h4-7,9H,8H2,1-3H3,(H,18,22). The molecule has 1 aromatic carbocycles. The summed E-state index contributed by atoms with van der Waals surface area (Å²) < 4.78 is 7.44. The monoisotopic (exact) mass is 375 g/mol. The largest absolute Gasteiger partial charge is 0.456 e. The zero-order valence-corrected chi connectivity index (χ0v) is 15.3. The Morgan fingerprint density at radius 3 is 2.65 bits per heavy atom. The van der Waals surface area contributed by atoms with Gasteiger partial charge in [0.2, 0.25) is 5.91 Å². The number of amides is 1. The highest BCUT2D eigenvalue weighted by Gasteiger charge is 2.24. The van der Waals surface area contributed by atoms with Gasteiger partial charge in [0.05, 0.1) is 22.2 Å². The van der Waals surface area contributed by atoms with E-state index in [1.807, 2.05) is 0 Å². The number of carbonyl (C=O) groups is 2. The number of hydrogen-bond donors (Lipinski definition) is 1. The molecule has 0 bridgehead atoms. The molecular weight excluding hydrogens is 358 g/mol. The van der Waals surface area contributed by atoms with Gasteiger partial charge in [-0.2, -0.15) is 0 Å². The van der Waals surface area contributed by atoms with Crippen molar-refractivity contribution >= 4 is 29.3 Å². The van der Waals surface area contributed by atoms with E-state index < -0.39 is 17.2 Å². The highest BCUT2D eigenvalue weighted by atomic mass is 32.2. The van der Waals surface area contributed by atoms with Crippen molar-refractivity contribution in [3.8, 4) is 0 Å². The number of thioether (sulfide) groups is 1. The second-order valence-electron chi connectivity index (χ2n) is 5.91. The van der Waals surface area contributed by atoms with Gasteiger partial charge in [0.15, 0.2) is 0 Å². The first-order valence-electron chi connectivity index (χ1n) is 7.82. The van der Waals surface area contributed by atoms with E-state index >= 15 is 0 Å². The normalized spacial score (nSPS) is 16.0. The molecule has 1 atom stereocenters. The molecule has 3 rings (SSSR count). The number of benzene rings is 1. The Morgan fingerprint density at radius 2 is 1.92 bits per heavy atom. The molecule has 1 aliphatic rings. The van der Waals surface area contributed by atoms with E-state index in [0.29, 0.717) is 11.4 Å². The lowest BCUT2D eigenvalue weighted by Crippen LogP contribution is -2.38. The molecule has 2 heterocycles. The summed E-state index contributed by atoms with van der Waals surface area (Å²) in [6.07, 6.45) is 0. The van der Waals surface area contributed by atoms with Crippen LogP contribution in [0.15, 0.2) is 38.8 Å². The van der Waals surface area contributed by atoms with Gasteiger partial charge in [-0.15, -0.1) is 11.8 Å². The van der Waals surface area contributed by atoms with Crippen LogP contribution in [0.4, 0.5) is 5.69 Å². The average Bonchev–Trinajstić information content (AvgIpc) is 2.62. The third-order valence-corrected chi connectivity index (χ3v) is 5.30. The first kappa shape index (κ1) is 18.0.